The quantitative estimate of drug-likeness (QED) is 0.677. The van der Waals surface area contributed by atoms with Gasteiger partial charge in [0.25, 0.3) is 0 Å². The molecule has 3 atom stereocenters. The Morgan fingerprint density at radius 1 is 1.31 bits per heavy atom. The lowest BCUT2D eigenvalue weighted by Gasteiger charge is -2.11. The van der Waals surface area contributed by atoms with Crippen molar-refractivity contribution in [1.82, 2.24) is 5.32 Å². The van der Waals surface area contributed by atoms with Gasteiger partial charge in [0.05, 0.1) is 6.10 Å². The summed E-state index contributed by atoms with van der Waals surface area (Å²) in [5.41, 5.74) is 1.40. The van der Waals surface area contributed by atoms with E-state index in [1.165, 1.54) is 5.56 Å². The van der Waals surface area contributed by atoms with Gasteiger partial charge in [-0.15, -0.1) is 0 Å². The molecule has 2 aliphatic rings. The second-order valence-electron chi connectivity index (χ2n) is 3.84. The van der Waals surface area contributed by atoms with Gasteiger partial charge in [-0.2, -0.15) is 0 Å². The van der Waals surface area contributed by atoms with E-state index in [2.05, 4.69) is 35.6 Å². The highest BCUT2D eigenvalue weighted by atomic mass is 16.6. The molecular formula is C11H13NO. The largest absolute Gasteiger partial charge is 0.366 e. The van der Waals surface area contributed by atoms with Gasteiger partial charge in [0, 0.05) is 12.6 Å². The van der Waals surface area contributed by atoms with Gasteiger partial charge in [0.15, 0.2) is 0 Å². The lowest BCUT2D eigenvalue weighted by Crippen LogP contribution is -2.30. The van der Waals surface area contributed by atoms with E-state index in [1.54, 1.807) is 0 Å². The number of hydrogen-bond donors (Lipinski definition) is 1. The fourth-order valence-electron chi connectivity index (χ4n) is 2.11. The van der Waals surface area contributed by atoms with E-state index in [1.807, 2.05) is 0 Å². The van der Waals surface area contributed by atoms with Crippen molar-refractivity contribution in [3.05, 3.63) is 35.9 Å². The predicted octanol–water partition coefficient (Wildman–Crippen LogP) is 0.968. The van der Waals surface area contributed by atoms with E-state index in [0.29, 0.717) is 18.2 Å². The molecule has 3 rings (SSSR count). The van der Waals surface area contributed by atoms with Crippen LogP contribution in [0, 0.1) is 0 Å². The Kier molecular flexibility index (Phi) is 1.64. The fourth-order valence-corrected chi connectivity index (χ4v) is 2.11. The molecular weight excluding hydrogens is 162 g/mol. The molecule has 0 saturated carbocycles. The van der Waals surface area contributed by atoms with Gasteiger partial charge in [0.1, 0.15) is 6.10 Å². The molecule has 0 bridgehead atoms. The number of epoxide rings is 1. The summed E-state index contributed by atoms with van der Waals surface area (Å²) in [5.74, 6) is 0. The van der Waals surface area contributed by atoms with Crippen LogP contribution in [0.5, 0.6) is 0 Å². The molecule has 0 aromatic heterocycles. The summed E-state index contributed by atoms with van der Waals surface area (Å²) < 4.78 is 5.48. The van der Waals surface area contributed by atoms with Crippen LogP contribution in [0.25, 0.3) is 0 Å². The van der Waals surface area contributed by atoms with Crippen molar-refractivity contribution in [2.75, 3.05) is 6.54 Å². The summed E-state index contributed by atoms with van der Waals surface area (Å²) >= 11 is 0. The van der Waals surface area contributed by atoms with Crippen LogP contribution < -0.4 is 5.32 Å². The Morgan fingerprint density at radius 2 is 2.15 bits per heavy atom. The number of rotatable bonds is 2. The van der Waals surface area contributed by atoms with E-state index in [-0.39, 0.29) is 0 Å². The van der Waals surface area contributed by atoms with Gasteiger partial charge < -0.3 is 10.1 Å². The summed E-state index contributed by atoms with van der Waals surface area (Å²) in [4.78, 5) is 0. The van der Waals surface area contributed by atoms with Crippen LogP contribution in [0.3, 0.4) is 0 Å². The maximum absolute atomic E-state index is 5.48. The first-order chi connectivity index (χ1) is 6.43. The Labute approximate surface area is 77.9 Å². The van der Waals surface area contributed by atoms with Crippen molar-refractivity contribution < 1.29 is 4.74 Å². The standard InChI is InChI=1S/C11H13NO/c1-2-4-8(5-3-1)6-9-11-10(13-11)7-12-9/h1-5,9-12H,6-7H2/t9-,10-,11+/m1/s1. The lowest BCUT2D eigenvalue weighted by molar-refractivity contribution is 0.288. The number of nitrogens with one attached hydrogen (secondary N) is 1. The van der Waals surface area contributed by atoms with Crippen LogP contribution in [-0.4, -0.2) is 24.8 Å². The summed E-state index contributed by atoms with van der Waals surface area (Å²) in [6, 6.07) is 11.1. The van der Waals surface area contributed by atoms with Crippen molar-refractivity contribution in [3.63, 3.8) is 0 Å². The molecule has 1 aromatic rings. The molecule has 2 heterocycles. The minimum atomic E-state index is 0.500. The van der Waals surface area contributed by atoms with E-state index >= 15 is 0 Å². The maximum Gasteiger partial charge on any atom is 0.101 e. The Morgan fingerprint density at radius 3 is 2.77 bits per heavy atom. The van der Waals surface area contributed by atoms with Crippen LogP contribution in [0.15, 0.2) is 30.3 Å². The summed E-state index contributed by atoms with van der Waals surface area (Å²) in [7, 11) is 0. The molecule has 13 heavy (non-hydrogen) atoms. The zero-order chi connectivity index (χ0) is 8.67. The van der Waals surface area contributed by atoms with Gasteiger partial charge in [-0.05, 0) is 12.0 Å². The van der Waals surface area contributed by atoms with Crippen molar-refractivity contribution in [1.29, 1.82) is 0 Å². The van der Waals surface area contributed by atoms with E-state index < -0.39 is 0 Å². The molecule has 68 valence electrons. The number of benzene rings is 1. The molecule has 0 radical (unpaired) electrons. The summed E-state index contributed by atoms with van der Waals surface area (Å²) in [6.45, 7) is 1.04. The lowest BCUT2D eigenvalue weighted by atomic mass is 10.0. The van der Waals surface area contributed by atoms with Gasteiger partial charge in [-0.1, -0.05) is 30.3 Å². The Bertz CT molecular complexity index is 298. The van der Waals surface area contributed by atoms with Crippen LogP contribution in [0.1, 0.15) is 5.56 Å². The van der Waals surface area contributed by atoms with Crippen LogP contribution in [-0.2, 0) is 11.2 Å². The molecule has 0 spiro atoms. The second-order valence-corrected chi connectivity index (χ2v) is 3.84. The van der Waals surface area contributed by atoms with Crippen molar-refractivity contribution in [2.45, 2.75) is 24.7 Å². The first kappa shape index (κ1) is 7.54. The topological polar surface area (TPSA) is 24.6 Å². The molecule has 2 heteroatoms. The first-order valence-corrected chi connectivity index (χ1v) is 4.86. The molecule has 0 amide bonds. The Hall–Kier alpha value is -0.860. The number of morpholine rings is 1. The number of ether oxygens (including phenoxy) is 1. The number of fused-ring (bicyclic) bond motifs is 1. The molecule has 0 unspecified atom stereocenters. The Balaban J connectivity index is 1.69. The molecule has 2 fully saturated rings. The summed E-state index contributed by atoms with van der Waals surface area (Å²) in [5, 5.41) is 3.48. The third-order valence-corrected chi connectivity index (χ3v) is 2.90. The molecule has 2 aliphatic heterocycles. The highest BCUT2D eigenvalue weighted by molar-refractivity contribution is 5.18. The highest BCUT2D eigenvalue weighted by Crippen LogP contribution is 2.31. The van der Waals surface area contributed by atoms with E-state index in [0.717, 1.165) is 13.0 Å². The number of hydrogen-bond acceptors (Lipinski definition) is 2. The zero-order valence-corrected chi connectivity index (χ0v) is 7.44. The van der Waals surface area contributed by atoms with Gasteiger partial charge in [-0.3, -0.25) is 0 Å². The molecule has 2 saturated heterocycles. The van der Waals surface area contributed by atoms with Crippen molar-refractivity contribution in [2.24, 2.45) is 0 Å². The van der Waals surface area contributed by atoms with E-state index in [9.17, 15) is 0 Å². The van der Waals surface area contributed by atoms with Crippen LogP contribution in [0.2, 0.25) is 0 Å². The average molecular weight is 175 g/mol. The zero-order valence-electron chi connectivity index (χ0n) is 7.44. The third-order valence-electron chi connectivity index (χ3n) is 2.90. The van der Waals surface area contributed by atoms with E-state index in [4.69, 9.17) is 4.74 Å². The van der Waals surface area contributed by atoms with Crippen molar-refractivity contribution in [3.8, 4) is 0 Å². The second kappa shape index (κ2) is 2.82. The van der Waals surface area contributed by atoms with Crippen molar-refractivity contribution >= 4 is 0 Å². The molecule has 2 nitrogen and oxygen atoms in total. The smallest absolute Gasteiger partial charge is 0.101 e. The minimum absolute atomic E-state index is 0.500. The van der Waals surface area contributed by atoms with Crippen LogP contribution in [0.4, 0.5) is 0 Å². The molecule has 0 aliphatic carbocycles. The third kappa shape index (κ3) is 1.36. The molecule has 1 aromatic carbocycles. The predicted molar refractivity (Wildman–Crippen MR) is 50.6 cm³/mol. The monoisotopic (exact) mass is 175 g/mol. The molecule has 1 N–H and O–H groups in total. The maximum atomic E-state index is 5.48. The SMILES string of the molecule is c1ccc(C[C@H]2NC[C@H]3O[C@@H]23)cc1. The summed E-state index contributed by atoms with van der Waals surface area (Å²) in [6.07, 6.45) is 2.12. The fraction of sp³-hybridized carbons (Fsp3) is 0.455. The first-order valence-electron chi connectivity index (χ1n) is 4.86. The highest BCUT2D eigenvalue weighted by Gasteiger charge is 2.49. The minimum Gasteiger partial charge on any atom is -0.366 e. The van der Waals surface area contributed by atoms with Gasteiger partial charge >= 0.3 is 0 Å². The van der Waals surface area contributed by atoms with Gasteiger partial charge in [-0.25, -0.2) is 0 Å². The van der Waals surface area contributed by atoms with Crippen LogP contribution >= 0.6 is 0 Å². The van der Waals surface area contributed by atoms with Gasteiger partial charge in [0.2, 0.25) is 0 Å². The average Bonchev–Trinajstić information content (AvgIpc) is 2.86. The normalized spacial score (nSPS) is 35.8.